The van der Waals surface area contributed by atoms with Crippen LogP contribution in [0.4, 0.5) is 0 Å². The van der Waals surface area contributed by atoms with Crippen molar-refractivity contribution in [1.29, 1.82) is 0 Å². The maximum Gasteiger partial charge on any atom is 0.276 e. The van der Waals surface area contributed by atoms with Crippen LogP contribution in [-0.2, 0) is 11.3 Å². The van der Waals surface area contributed by atoms with Gasteiger partial charge in [-0.3, -0.25) is 9.69 Å². The molecule has 2 aliphatic rings. The van der Waals surface area contributed by atoms with Crippen molar-refractivity contribution in [2.45, 2.75) is 57.9 Å². The molecule has 5 rings (SSSR count). The van der Waals surface area contributed by atoms with Gasteiger partial charge in [-0.15, -0.1) is 0 Å². The van der Waals surface area contributed by atoms with E-state index in [2.05, 4.69) is 59.9 Å². The zero-order chi connectivity index (χ0) is 22.2. The molecule has 1 aromatic carbocycles. The van der Waals surface area contributed by atoms with E-state index in [4.69, 9.17) is 9.84 Å². The van der Waals surface area contributed by atoms with Gasteiger partial charge in [-0.1, -0.05) is 45.0 Å². The molecule has 4 heterocycles. The van der Waals surface area contributed by atoms with E-state index >= 15 is 0 Å². The van der Waals surface area contributed by atoms with Crippen molar-refractivity contribution in [3.05, 3.63) is 63.6 Å². The van der Waals surface area contributed by atoms with E-state index < -0.39 is 0 Å². The molecule has 2 fully saturated rings. The van der Waals surface area contributed by atoms with Gasteiger partial charge in [-0.05, 0) is 35.8 Å². The van der Waals surface area contributed by atoms with E-state index in [1.54, 1.807) is 10.7 Å². The molecule has 32 heavy (non-hydrogen) atoms. The van der Waals surface area contributed by atoms with E-state index in [1.165, 1.54) is 11.1 Å². The zero-order valence-electron chi connectivity index (χ0n) is 19.3. The number of imidazole rings is 1. The fraction of sp³-hybridized carbons (Fsp3) is 0.560. The van der Waals surface area contributed by atoms with Crippen molar-refractivity contribution in [2.24, 2.45) is 5.92 Å². The molecule has 2 atom stereocenters. The summed E-state index contributed by atoms with van der Waals surface area (Å²) in [6, 6.07) is 8.73. The molecule has 2 saturated heterocycles. The highest BCUT2D eigenvalue weighted by atomic mass is 16.5. The predicted octanol–water partition coefficient (Wildman–Crippen LogP) is 3.67. The number of H-pyrrole nitrogens is 1. The van der Waals surface area contributed by atoms with Gasteiger partial charge in [0, 0.05) is 44.7 Å². The summed E-state index contributed by atoms with van der Waals surface area (Å²) in [7, 11) is 0. The fourth-order valence-corrected chi connectivity index (χ4v) is 5.37. The zero-order valence-corrected chi connectivity index (χ0v) is 19.3. The summed E-state index contributed by atoms with van der Waals surface area (Å²) >= 11 is 0. The minimum Gasteiger partial charge on any atom is -0.381 e. The fourth-order valence-electron chi connectivity index (χ4n) is 5.37. The van der Waals surface area contributed by atoms with Gasteiger partial charge in [0.2, 0.25) is 0 Å². The lowest BCUT2D eigenvalue weighted by atomic mass is 9.97. The second-order valence-corrected chi connectivity index (χ2v) is 9.77. The highest BCUT2D eigenvalue weighted by molar-refractivity contribution is 5.42. The first-order valence-corrected chi connectivity index (χ1v) is 11.9. The normalized spacial score (nSPS) is 22.9. The van der Waals surface area contributed by atoms with Gasteiger partial charge in [0.15, 0.2) is 5.52 Å². The molecule has 0 aliphatic carbocycles. The van der Waals surface area contributed by atoms with E-state index in [-0.39, 0.29) is 11.5 Å². The number of aromatic nitrogens is 4. The van der Waals surface area contributed by atoms with Gasteiger partial charge in [0.1, 0.15) is 11.6 Å². The largest absolute Gasteiger partial charge is 0.381 e. The van der Waals surface area contributed by atoms with Crippen LogP contribution in [0, 0.1) is 5.92 Å². The van der Waals surface area contributed by atoms with Crippen LogP contribution in [0.5, 0.6) is 0 Å². The minimum atomic E-state index is -0.100. The molecule has 0 spiro atoms. The smallest absolute Gasteiger partial charge is 0.276 e. The summed E-state index contributed by atoms with van der Waals surface area (Å²) in [5.41, 5.74) is 3.24. The highest BCUT2D eigenvalue weighted by Crippen LogP contribution is 2.32. The lowest BCUT2D eigenvalue weighted by Crippen LogP contribution is -2.24. The van der Waals surface area contributed by atoms with E-state index in [1.807, 2.05) is 0 Å². The second kappa shape index (κ2) is 8.79. The first-order valence-electron chi connectivity index (χ1n) is 11.9. The van der Waals surface area contributed by atoms with Crippen molar-refractivity contribution in [1.82, 2.24) is 24.5 Å². The molecular formula is C25H33N5O2. The van der Waals surface area contributed by atoms with Gasteiger partial charge >= 0.3 is 0 Å². The van der Waals surface area contributed by atoms with Crippen molar-refractivity contribution < 1.29 is 4.74 Å². The quantitative estimate of drug-likeness (QED) is 0.662. The first kappa shape index (κ1) is 21.3. The van der Waals surface area contributed by atoms with Crippen LogP contribution in [0.1, 0.15) is 74.1 Å². The van der Waals surface area contributed by atoms with Gasteiger partial charge in [-0.2, -0.15) is 5.10 Å². The number of nitrogens with zero attached hydrogens (tertiary/aromatic N) is 4. The third-order valence-corrected chi connectivity index (χ3v) is 7.14. The Bertz CT molecular complexity index is 1140. The van der Waals surface area contributed by atoms with Crippen molar-refractivity contribution in [2.75, 3.05) is 26.3 Å². The number of fused-ring (bicyclic) bond motifs is 1. The van der Waals surface area contributed by atoms with Crippen LogP contribution in [0.3, 0.4) is 0 Å². The molecule has 0 bridgehead atoms. The average Bonchev–Trinajstić information content (AvgIpc) is 3.38. The molecule has 7 heteroatoms. The number of benzene rings is 1. The topological polar surface area (TPSA) is 75.5 Å². The van der Waals surface area contributed by atoms with Crippen LogP contribution in [0.25, 0.3) is 5.52 Å². The Morgan fingerprint density at radius 1 is 1.19 bits per heavy atom. The van der Waals surface area contributed by atoms with Crippen LogP contribution in [0.15, 0.2) is 35.3 Å². The monoisotopic (exact) mass is 435 g/mol. The molecule has 1 N–H and O–H groups in total. The molecule has 7 nitrogen and oxygen atoms in total. The number of nitrogens with one attached hydrogen (secondary N) is 1. The summed E-state index contributed by atoms with van der Waals surface area (Å²) in [6.07, 6.45) is 3.51. The predicted molar refractivity (Wildman–Crippen MR) is 124 cm³/mol. The Balaban J connectivity index is 1.41. The number of ether oxygens (including phenoxy) is 1. The number of hydrogen-bond donors (Lipinski definition) is 1. The summed E-state index contributed by atoms with van der Waals surface area (Å²) < 4.78 is 7.30. The molecule has 0 saturated carbocycles. The molecule has 0 radical (unpaired) electrons. The molecule has 3 aromatic rings. The molecule has 170 valence electrons. The average molecular weight is 436 g/mol. The summed E-state index contributed by atoms with van der Waals surface area (Å²) in [4.78, 5) is 23.0. The molecule has 0 amide bonds. The SMILES string of the molecule is CC(C)c1ccccc1CN1CC(C)C(c2nn3c(C4CCOCC4)ncc3c(=O)[nH]2)C1. The van der Waals surface area contributed by atoms with E-state index in [0.717, 1.165) is 57.3 Å². The summed E-state index contributed by atoms with van der Waals surface area (Å²) in [5, 5.41) is 4.92. The van der Waals surface area contributed by atoms with E-state index in [0.29, 0.717) is 23.3 Å². The van der Waals surface area contributed by atoms with Gasteiger partial charge < -0.3 is 9.72 Å². The Morgan fingerprint density at radius 3 is 2.75 bits per heavy atom. The van der Waals surface area contributed by atoms with Gasteiger partial charge in [-0.25, -0.2) is 9.50 Å². The van der Waals surface area contributed by atoms with E-state index in [9.17, 15) is 4.79 Å². The van der Waals surface area contributed by atoms with Crippen molar-refractivity contribution in [3.8, 4) is 0 Å². The Morgan fingerprint density at radius 2 is 1.97 bits per heavy atom. The van der Waals surface area contributed by atoms with Crippen LogP contribution >= 0.6 is 0 Å². The van der Waals surface area contributed by atoms with Gasteiger partial charge in [0.25, 0.3) is 5.56 Å². The molecular weight excluding hydrogens is 402 g/mol. The number of hydrogen-bond acceptors (Lipinski definition) is 5. The van der Waals surface area contributed by atoms with Crippen molar-refractivity contribution in [3.63, 3.8) is 0 Å². The molecule has 2 aromatic heterocycles. The van der Waals surface area contributed by atoms with Crippen molar-refractivity contribution >= 4 is 5.52 Å². The van der Waals surface area contributed by atoms with Crippen LogP contribution < -0.4 is 5.56 Å². The lowest BCUT2D eigenvalue weighted by Gasteiger charge is -2.21. The third kappa shape index (κ3) is 3.99. The van der Waals surface area contributed by atoms with Crippen LogP contribution in [0.2, 0.25) is 0 Å². The summed E-state index contributed by atoms with van der Waals surface area (Å²) in [5.74, 6) is 3.08. The number of likely N-dealkylation sites (tertiary alicyclic amines) is 1. The maximum absolute atomic E-state index is 12.9. The van der Waals surface area contributed by atoms with Gasteiger partial charge in [0.05, 0.1) is 6.20 Å². The maximum atomic E-state index is 12.9. The highest BCUT2D eigenvalue weighted by Gasteiger charge is 2.34. The number of rotatable bonds is 5. The molecule has 2 unspecified atom stereocenters. The second-order valence-electron chi connectivity index (χ2n) is 9.77. The first-order chi connectivity index (χ1) is 15.5. The Kier molecular flexibility index (Phi) is 5.86. The third-order valence-electron chi connectivity index (χ3n) is 7.14. The lowest BCUT2D eigenvalue weighted by molar-refractivity contribution is 0.0832. The molecule has 2 aliphatic heterocycles. The Hall–Kier alpha value is -2.51. The minimum absolute atomic E-state index is 0.100. The summed E-state index contributed by atoms with van der Waals surface area (Å²) in [6.45, 7) is 11.1. The van der Waals surface area contributed by atoms with Crippen LogP contribution in [-0.4, -0.2) is 50.8 Å². The standard InChI is InChI=1S/C25H33N5O2/c1-16(2)20-7-5-4-6-19(20)14-29-13-17(3)21(15-29)23-27-25(31)22-12-26-24(30(22)28-23)18-8-10-32-11-9-18/h4-7,12,16-18,21H,8-11,13-15H2,1-3H3,(H,27,28,31). The Labute approximate surface area is 188 Å². The number of aromatic amines is 1.